The van der Waals surface area contributed by atoms with E-state index in [0.29, 0.717) is 40.8 Å². The van der Waals surface area contributed by atoms with E-state index in [9.17, 15) is 9.90 Å². The third-order valence-electron chi connectivity index (χ3n) is 5.67. The number of ether oxygens (including phenoxy) is 1. The lowest BCUT2D eigenvalue weighted by Gasteiger charge is -2.18. The van der Waals surface area contributed by atoms with Crippen LogP contribution in [0.2, 0.25) is 0 Å². The molecule has 0 saturated carbocycles. The van der Waals surface area contributed by atoms with Crippen LogP contribution < -0.4 is 10.3 Å². The predicted molar refractivity (Wildman–Crippen MR) is 128 cm³/mol. The molecule has 0 aliphatic carbocycles. The van der Waals surface area contributed by atoms with E-state index in [4.69, 9.17) is 4.74 Å². The number of aliphatic hydroxyl groups is 1. The number of aryl methyl sites for hydroxylation is 3. The smallest absolute Gasteiger partial charge is 0.261 e. The van der Waals surface area contributed by atoms with Gasteiger partial charge in [0.05, 0.1) is 28.3 Å². The molecule has 34 heavy (non-hydrogen) atoms. The van der Waals surface area contributed by atoms with Gasteiger partial charge in [-0.15, -0.1) is 0 Å². The Bertz CT molecular complexity index is 1420. The Morgan fingerprint density at radius 3 is 2.50 bits per heavy atom. The van der Waals surface area contributed by atoms with Crippen LogP contribution in [0.15, 0.2) is 47.7 Å². The Labute approximate surface area is 197 Å². The molecule has 0 aliphatic heterocycles. The van der Waals surface area contributed by atoms with Gasteiger partial charge in [0.15, 0.2) is 5.82 Å². The fourth-order valence-electron chi connectivity index (χ4n) is 3.63. The van der Waals surface area contributed by atoms with Crippen molar-refractivity contribution in [2.45, 2.75) is 46.8 Å². The quantitative estimate of drug-likeness (QED) is 0.471. The van der Waals surface area contributed by atoms with E-state index in [0.717, 1.165) is 17.0 Å². The van der Waals surface area contributed by atoms with E-state index in [1.165, 1.54) is 0 Å². The lowest BCUT2D eigenvalue weighted by molar-refractivity contribution is 0.0688. The van der Waals surface area contributed by atoms with E-state index < -0.39 is 5.60 Å². The maximum Gasteiger partial charge on any atom is 0.261 e. The molecule has 0 unspecified atom stereocenters. The predicted octanol–water partition coefficient (Wildman–Crippen LogP) is 3.15. The topological polar surface area (TPSA) is 108 Å². The third kappa shape index (κ3) is 4.47. The SMILES string of the molecule is Cc1cnc(-c2ccnc(C(C)(C)O)n2)cc1-n1c(C)cc(OCc2ccnn2C)c(C)c1=O. The summed E-state index contributed by atoms with van der Waals surface area (Å²) in [6.45, 7) is 9.11. The molecular weight excluding hydrogens is 432 g/mol. The van der Waals surface area contributed by atoms with Gasteiger partial charge in [-0.2, -0.15) is 5.10 Å². The molecule has 0 radical (unpaired) electrons. The highest BCUT2D eigenvalue weighted by Gasteiger charge is 2.21. The van der Waals surface area contributed by atoms with Crippen LogP contribution in [-0.4, -0.2) is 34.4 Å². The highest BCUT2D eigenvalue weighted by molar-refractivity contribution is 5.59. The summed E-state index contributed by atoms with van der Waals surface area (Å²) in [4.78, 5) is 26.5. The van der Waals surface area contributed by atoms with Crippen LogP contribution >= 0.6 is 0 Å². The molecule has 4 rings (SSSR count). The first kappa shape index (κ1) is 23.3. The fourth-order valence-corrected chi connectivity index (χ4v) is 3.63. The summed E-state index contributed by atoms with van der Waals surface area (Å²) in [6, 6.07) is 7.30. The Morgan fingerprint density at radius 2 is 1.82 bits per heavy atom. The second-order valence-electron chi connectivity index (χ2n) is 8.83. The van der Waals surface area contributed by atoms with Crippen LogP contribution in [-0.2, 0) is 19.3 Å². The van der Waals surface area contributed by atoms with Crippen molar-refractivity contribution in [1.29, 1.82) is 0 Å². The van der Waals surface area contributed by atoms with E-state index >= 15 is 0 Å². The minimum absolute atomic E-state index is 0.167. The first-order valence-electron chi connectivity index (χ1n) is 10.9. The molecule has 0 fully saturated rings. The molecule has 0 saturated heterocycles. The van der Waals surface area contributed by atoms with Crippen LogP contribution in [0.25, 0.3) is 17.1 Å². The summed E-state index contributed by atoms with van der Waals surface area (Å²) >= 11 is 0. The largest absolute Gasteiger partial charge is 0.487 e. The summed E-state index contributed by atoms with van der Waals surface area (Å²) in [5.41, 5.74) is 3.49. The van der Waals surface area contributed by atoms with Gasteiger partial charge in [0, 0.05) is 37.4 Å². The summed E-state index contributed by atoms with van der Waals surface area (Å²) in [5.74, 6) is 0.838. The minimum atomic E-state index is -1.18. The maximum atomic E-state index is 13.4. The van der Waals surface area contributed by atoms with E-state index in [-0.39, 0.29) is 5.56 Å². The zero-order valence-corrected chi connectivity index (χ0v) is 20.2. The molecule has 0 aromatic carbocycles. The monoisotopic (exact) mass is 460 g/mol. The Hall–Kier alpha value is -3.85. The van der Waals surface area contributed by atoms with Gasteiger partial charge in [-0.3, -0.25) is 19.0 Å². The Kier molecular flexibility index (Phi) is 6.05. The molecule has 0 amide bonds. The molecule has 0 bridgehead atoms. The van der Waals surface area contributed by atoms with Gasteiger partial charge in [-0.25, -0.2) is 9.97 Å². The van der Waals surface area contributed by atoms with Crippen LogP contribution in [0.3, 0.4) is 0 Å². The van der Waals surface area contributed by atoms with Crippen LogP contribution in [0, 0.1) is 20.8 Å². The average Bonchev–Trinajstić information content (AvgIpc) is 3.20. The first-order chi connectivity index (χ1) is 16.1. The van der Waals surface area contributed by atoms with Gasteiger partial charge < -0.3 is 9.84 Å². The summed E-state index contributed by atoms with van der Waals surface area (Å²) in [6.07, 6.45) is 5.01. The molecule has 9 nitrogen and oxygen atoms in total. The zero-order chi connectivity index (χ0) is 24.6. The van der Waals surface area contributed by atoms with E-state index in [1.807, 2.05) is 39.1 Å². The molecular formula is C25H28N6O3. The molecule has 4 heterocycles. The molecule has 4 aromatic rings. The van der Waals surface area contributed by atoms with Crippen LogP contribution in [0.4, 0.5) is 0 Å². The number of pyridine rings is 2. The van der Waals surface area contributed by atoms with Crippen molar-refractivity contribution >= 4 is 0 Å². The second kappa shape index (κ2) is 8.83. The minimum Gasteiger partial charge on any atom is -0.487 e. The van der Waals surface area contributed by atoms with Gasteiger partial charge in [0.25, 0.3) is 5.56 Å². The molecule has 4 aromatic heterocycles. The van der Waals surface area contributed by atoms with Crippen molar-refractivity contribution in [3.8, 4) is 22.8 Å². The molecule has 1 N–H and O–H groups in total. The average molecular weight is 461 g/mol. The molecule has 9 heteroatoms. The highest BCUT2D eigenvalue weighted by atomic mass is 16.5. The second-order valence-corrected chi connectivity index (χ2v) is 8.83. The first-order valence-corrected chi connectivity index (χ1v) is 10.9. The molecule has 176 valence electrons. The van der Waals surface area contributed by atoms with Crippen molar-refractivity contribution < 1.29 is 9.84 Å². The number of nitrogens with zero attached hydrogens (tertiary/aromatic N) is 6. The van der Waals surface area contributed by atoms with Gasteiger partial charge >= 0.3 is 0 Å². The van der Waals surface area contributed by atoms with Crippen molar-refractivity contribution in [2.24, 2.45) is 7.05 Å². The molecule has 0 spiro atoms. The van der Waals surface area contributed by atoms with Gasteiger partial charge in [-0.05, 0) is 58.4 Å². The molecule has 0 aliphatic rings. The van der Waals surface area contributed by atoms with Crippen molar-refractivity contribution in [3.05, 3.63) is 81.5 Å². The summed E-state index contributed by atoms with van der Waals surface area (Å²) in [5, 5.41) is 14.4. The van der Waals surface area contributed by atoms with Gasteiger partial charge in [0.1, 0.15) is 18.0 Å². The van der Waals surface area contributed by atoms with Crippen LogP contribution in [0.5, 0.6) is 5.75 Å². The maximum absolute atomic E-state index is 13.4. The van der Waals surface area contributed by atoms with E-state index in [2.05, 4.69) is 20.1 Å². The standard InChI is InChI=1S/C25H28N6O3/c1-15-13-27-20(19-8-9-26-24(29-19)25(4,5)33)12-21(15)31-16(2)11-22(17(3)23(31)32)34-14-18-7-10-28-30(18)6/h7-13,33H,14H2,1-6H3. The Balaban J connectivity index is 1.74. The van der Waals surface area contributed by atoms with Crippen molar-refractivity contribution in [2.75, 3.05) is 0 Å². The molecule has 0 atom stereocenters. The lowest BCUT2D eigenvalue weighted by Crippen LogP contribution is -2.24. The van der Waals surface area contributed by atoms with Crippen molar-refractivity contribution in [3.63, 3.8) is 0 Å². The van der Waals surface area contributed by atoms with Gasteiger partial charge in [-0.1, -0.05) is 0 Å². The zero-order valence-electron chi connectivity index (χ0n) is 20.2. The van der Waals surface area contributed by atoms with Gasteiger partial charge in [0.2, 0.25) is 0 Å². The lowest BCUT2D eigenvalue weighted by atomic mass is 10.1. The fraction of sp³-hybridized carbons (Fsp3) is 0.320. The normalized spacial score (nSPS) is 11.6. The van der Waals surface area contributed by atoms with Crippen molar-refractivity contribution in [1.82, 2.24) is 29.3 Å². The summed E-state index contributed by atoms with van der Waals surface area (Å²) in [7, 11) is 1.85. The van der Waals surface area contributed by atoms with Crippen LogP contribution in [0.1, 0.15) is 42.2 Å². The van der Waals surface area contributed by atoms with E-state index in [1.54, 1.807) is 54.7 Å². The number of rotatable bonds is 6. The number of hydrogen-bond donors (Lipinski definition) is 1. The number of aromatic nitrogens is 6. The third-order valence-corrected chi connectivity index (χ3v) is 5.67. The number of hydrogen-bond acceptors (Lipinski definition) is 7. The summed E-state index contributed by atoms with van der Waals surface area (Å²) < 4.78 is 9.35. The highest BCUT2D eigenvalue weighted by Crippen LogP contribution is 2.25. The Morgan fingerprint density at radius 1 is 1.06 bits per heavy atom.